The van der Waals surface area contributed by atoms with E-state index in [4.69, 9.17) is 10.5 Å². The molecule has 3 atom stereocenters. The number of hydrogen-bond acceptors (Lipinski definition) is 3. The van der Waals surface area contributed by atoms with Gasteiger partial charge in [0.1, 0.15) is 0 Å². The van der Waals surface area contributed by atoms with E-state index in [0.29, 0.717) is 5.92 Å². The summed E-state index contributed by atoms with van der Waals surface area (Å²) in [5, 5.41) is 9.46. The van der Waals surface area contributed by atoms with E-state index in [1.807, 2.05) is 0 Å². The number of nitrogens with two attached hydrogens (primary N) is 1. The summed E-state index contributed by atoms with van der Waals surface area (Å²) in [6, 6.07) is 7.06. The van der Waals surface area contributed by atoms with E-state index in [0.717, 1.165) is 38.4 Å². The number of hydrogen-bond donors (Lipinski definition) is 2. The zero-order chi connectivity index (χ0) is 16.3. The molecule has 1 saturated carbocycles. The van der Waals surface area contributed by atoms with Crippen LogP contribution < -0.4 is 5.73 Å². The first kappa shape index (κ1) is 16.9. The highest BCUT2D eigenvalue weighted by Crippen LogP contribution is 2.40. The van der Waals surface area contributed by atoms with E-state index in [1.165, 1.54) is 42.4 Å². The Labute approximate surface area is 140 Å². The molecule has 1 fully saturated rings. The molecule has 0 unspecified atom stereocenters. The fourth-order valence-electron chi connectivity index (χ4n) is 4.33. The van der Waals surface area contributed by atoms with Gasteiger partial charge in [-0.2, -0.15) is 0 Å². The highest BCUT2D eigenvalue weighted by molar-refractivity contribution is 5.36. The molecule has 0 aromatic heterocycles. The molecule has 3 rings (SSSR count). The SMILES string of the molecule is CCOCC[C@@H]1CCc2cc([C@H]3CC[C@](N)(CO)C3)ccc2C1. The first-order chi connectivity index (χ1) is 11.1. The summed E-state index contributed by atoms with van der Waals surface area (Å²) >= 11 is 0. The maximum atomic E-state index is 9.46. The fourth-order valence-corrected chi connectivity index (χ4v) is 4.33. The second-order valence-corrected chi connectivity index (χ2v) is 7.58. The molecule has 0 heterocycles. The molecule has 0 bridgehead atoms. The Hall–Kier alpha value is -0.900. The molecule has 1 aromatic rings. The van der Waals surface area contributed by atoms with Crippen LogP contribution in [-0.4, -0.2) is 30.5 Å². The molecule has 0 amide bonds. The van der Waals surface area contributed by atoms with Gasteiger partial charge in [-0.15, -0.1) is 0 Å². The summed E-state index contributed by atoms with van der Waals surface area (Å²) in [5.41, 5.74) is 10.4. The average molecular weight is 317 g/mol. The molecule has 0 radical (unpaired) electrons. The summed E-state index contributed by atoms with van der Waals surface area (Å²) < 4.78 is 5.51. The van der Waals surface area contributed by atoms with E-state index in [1.54, 1.807) is 0 Å². The predicted molar refractivity (Wildman–Crippen MR) is 93.7 cm³/mol. The number of aliphatic hydroxyl groups is 1. The van der Waals surface area contributed by atoms with Crippen LogP contribution in [0, 0.1) is 5.92 Å². The second kappa shape index (κ2) is 7.33. The lowest BCUT2D eigenvalue weighted by molar-refractivity contribution is 0.129. The minimum Gasteiger partial charge on any atom is -0.394 e. The Balaban J connectivity index is 1.63. The van der Waals surface area contributed by atoms with Crippen LogP contribution in [0.4, 0.5) is 0 Å². The Morgan fingerprint density at radius 1 is 1.30 bits per heavy atom. The van der Waals surface area contributed by atoms with Crippen LogP contribution in [0.25, 0.3) is 0 Å². The van der Waals surface area contributed by atoms with E-state index in [-0.39, 0.29) is 12.1 Å². The molecular formula is C20H31NO2. The summed E-state index contributed by atoms with van der Waals surface area (Å²) in [5.74, 6) is 1.30. The van der Waals surface area contributed by atoms with Gasteiger partial charge in [-0.1, -0.05) is 18.2 Å². The first-order valence-corrected chi connectivity index (χ1v) is 9.23. The normalized spacial score (nSPS) is 30.4. The number of fused-ring (bicyclic) bond motifs is 1. The zero-order valence-electron chi connectivity index (χ0n) is 14.4. The number of aryl methyl sites for hydroxylation is 1. The average Bonchev–Trinajstić information content (AvgIpc) is 2.98. The van der Waals surface area contributed by atoms with E-state index < -0.39 is 0 Å². The lowest BCUT2D eigenvalue weighted by atomic mass is 9.80. The van der Waals surface area contributed by atoms with Gasteiger partial charge in [0.2, 0.25) is 0 Å². The van der Waals surface area contributed by atoms with Crippen molar-refractivity contribution >= 4 is 0 Å². The Morgan fingerprint density at radius 3 is 2.91 bits per heavy atom. The third kappa shape index (κ3) is 3.96. The highest BCUT2D eigenvalue weighted by atomic mass is 16.5. The van der Waals surface area contributed by atoms with Gasteiger partial charge in [-0.05, 0) is 80.4 Å². The van der Waals surface area contributed by atoms with E-state index in [9.17, 15) is 5.11 Å². The van der Waals surface area contributed by atoms with E-state index in [2.05, 4.69) is 25.1 Å². The molecule has 128 valence electrons. The molecule has 3 N–H and O–H groups in total. The molecule has 23 heavy (non-hydrogen) atoms. The van der Waals surface area contributed by atoms with Crippen molar-refractivity contribution in [3.8, 4) is 0 Å². The number of ether oxygens (including phenoxy) is 1. The van der Waals surface area contributed by atoms with Gasteiger partial charge < -0.3 is 15.6 Å². The molecule has 0 aliphatic heterocycles. The number of aliphatic hydroxyl groups excluding tert-OH is 1. The maximum Gasteiger partial charge on any atom is 0.0611 e. The van der Waals surface area contributed by atoms with Crippen molar-refractivity contribution in [1.82, 2.24) is 0 Å². The standard InChI is InChI=1S/C20H31NO2/c1-2-23-10-8-15-3-4-17-12-18(6-5-16(17)11-15)19-7-9-20(21,13-19)14-22/h5-6,12,15,19,22H,2-4,7-11,13-14,21H2,1H3/t15-,19-,20+/m0/s1. The van der Waals surface area contributed by atoms with Crippen LogP contribution in [0.1, 0.15) is 61.6 Å². The second-order valence-electron chi connectivity index (χ2n) is 7.58. The van der Waals surface area contributed by atoms with Gasteiger partial charge >= 0.3 is 0 Å². The third-order valence-electron chi connectivity index (χ3n) is 5.87. The molecule has 0 saturated heterocycles. The molecule has 0 spiro atoms. The van der Waals surface area contributed by atoms with Crippen LogP contribution in [0.15, 0.2) is 18.2 Å². The summed E-state index contributed by atoms with van der Waals surface area (Å²) in [4.78, 5) is 0. The third-order valence-corrected chi connectivity index (χ3v) is 5.87. The van der Waals surface area contributed by atoms with Crippen molar-refractivity contribution < 1.29 is 9.84 Å². The highest BCUT2D eigenvalue weighted by Gasteiger charge is 2.36. The Bertz CT molecular complexity index is 530. The fraction of sp³-hybridized carbons (Fsp3) is 0.700. The van der Waals surface area contributed by atoms with Gasteiger partial charge in [0.25, 0.3) is 0 Å². The molecule has 3 nitrogen and oxygen atoms in total. The summed E-state index contributed by atoms with van der Waals surface area (Å²) in [7, 11) is 0. The van der Waals surface area contributed by atoms with E-state index >= 15 is 0 Å². The van der Waals surface area contributed by atoms with Crippen LogP contribution in [0.2, 0.25) is 0 Å². The van der Waals surface area contributed by atoms with Crippen LogP contribution in [-0.2, 0) is 17.6 Å². The summed E-state index contributed by atoms with van der Waals surface area (Å²) in [6.45, 7) is 3.89. The molecular weight excluding hydrogens is 286 g/mol. The predicted octanol–water partition coefficient (Wildman–Crippen LogP) is 3.18. The largest absolute Gasteiger partial charge is 0.394 e. The minimum atomic E-state index is -0.356. The Morgan fingerprint density at radius 2 is 2.17 bits per heavy atom. The topological polar surface area (TPSA) is 55.5 Å². The van der Waals surface area contributed by atoms with Crippen molar-refractivity contribution in [1.29, 1.82) is 0 Å². The van der Waals surface area contributed by atoms with Gasteiger partial charge in [-0.3, -0.25) is 0 Å². The van der Waals surface area contributed by atoms with Gasteiger partial charge in [-0.25, -0.2) is 0 Å². The van der Waals surface area contributed by atoms with Crippen molar-refractivity contribution in [3.05, 3.63) is 34.9 Å². The monoisotopic (exact) mass is 317 g/mol. The van der Waals surface area contributed by atoms with Crippen molar-refractivity contribution in [2.45, 2.75) is 63.3 Å². The van der Waals surface area contributed by atoms with Crippen molar-refractivity contribution in [3.63, 3.8) is 0 Å². The smallest absolute Gasteiger partial charge is 0.0611 e. The number of rotatable bonds is 6. The molecule has 3 heteroatoms. The van der Waals surface area contributed by atoms with Crippen LogP contribution in [0.5, 0.6) is 0 Å². The Kier molecular flexibility index (Phi) is 5.40. The number of benzene rings is 1. The quantitative estimate of drug-likeness (QED) is 0.792. The lowest BCUT2D eigenvalue weighted by Crippen LogP contribution is -2.40. The minimum absolute atomic E-state index is 0.107. The zero-order valence-corrected chi connectivity index (χ0v) is 14.4. The van der Waals surface area contributed by atoms with Gasteiger partial charge in [0, 0.05) is 18.8 Å². The summed E-state index contributed by atoms with van der Waals surface area (Å²) in [6.07, 6.45) is 7.82. The van der Waals surface area contributed by atoms with Crippen LogP contribution >= 0.6 is 0 Å². The molecule has 1 aromatic carbocycles. The van der Waals surface area contributed by atoms with Crippen molar-refractivity contribution in [2.75, 3.05) is 19.8 Å². The molecule has 2 aliphatic rings. The first-order valence-electron chi connectivity index (χ1n) is 9.23. The van der Waals surface area contributed by atoms with Crippen molar-refractivity contribution in [2.24, 2.45) is 11.7 Å². The molecule has 2 aliphatic carbocycles. The van der Waals surface area contributed by atoms with Gasteiger partial charge in [0.15, 0.2) is 0 Å². The van der Waals surface area contributed by atoms with Gasteiger partial charge in [0.05, 0.1) is 6.61 Å². The lowest BCUT2D eigenvalue weighted by Gasteiger charge is -2.26. The maximum absolute atomic E-state index is 9.46. The van der Waals surface area contributed by atoms with Crippen LogP contribution in [0.3, 0.4) is 0 Å².